The predicted molar refractivity (Wildman–Crippen MR) is 150 cm³/mol. The van der Waals surface area contributed by atoms with Gasteiger partial charge in [-0.15, -0.1) is 6.58 Å². The molecular formula is C27H45N3O16. The van der Waals surface area contributed by atoms with Gasteiger partial charge in [-0.25, -0.2) is 0 Å². The van der Waals surface area contributed by atoms with Crippen molar-refractivity contribution >= 4 is 17.7 Å². The highest BCUT2D eigenvalue weighted by molar-refractivity contribution is 5.74. The van der Waals surface area contributed by atoms with Crippen molar-refractivity contribution in [1.82, 2.24) is 16.0 Å². The van der Waals surface area contributed by atoms with Gasteiger partial charge < -0.3 is 80.1 Å². The number of nitrogens with one attached hydrogen (secondary N) is 3. The molecule has 19 nitrogen and oxygen atoms in total. The van der Waals surface area contributed by atoms with Crippen molar-refractivity contribution in [2.45, 2.75) is 113 Å². The van der Waals surface area contributed by atoms with Crippen LogP contribution in [-0.4, -0.2) is 172 Å². The smallest absolute Gasteiger partial charge is 0.217 e. The Labute approximate surface area is 264 Å². The summed E-state index contributed by atoms with van der Waals surface area (Å²) < 4.78 is 34.6. The third kappa shape index (κ3) is 8.95. The minimum atomic E-state index is -1.76. The highest BCUT2D eigenvalue weighted by Gasteiger charge is 2.54. The first-order chi connectivity index (χ1) is 21.8. The molecule has 0 spiro atoms. The Balaban J connectivity index is 1.90. The second-order valence-electron chi connectivity index (χ2n) is 11.1. The number of amides is 3. The van der Waals surface area contributed by atoms with Crippen molar-refractivity contribution in [3.05, 3.63) is 12.7 Å². The molecule has 19 heteroatoms. The molecule has 3 amide bonds. The zero-order valence-corrected chi connectivity index (χ0v) is 25.6. The first-order valence-electron chi connectivity index (χ1n) is 14.6. The second-order valence-corrected chi connectivity index (χ2v) is 11.1. The molecule has 0 aromatic rings. The third-order valence-electron chi connectivity index (χ3n) is 7.66. The van der Waals surface area contributed by atoms with Crippen LogP contribution in [-0.2, 0) is 42.8 Å². The Hall–Kier alpha value is -2.37. The summed E-state index contributed by atoms with van der Waals surface area (Å²) in [5, 5.41) is 81.0. The van der Waals surface area contributed by atoms with Gasteiger partial charge in [0.15, 0.2) is 18.9 Å². The van der Waals surface area contributed by atoms with E-state index in [-0.39, 0.29) is 6.61 Å². The van der Waals surface area contributed by atoms with Crippen LogP contribution in [0.2, 0.25) is 0 Å². The number of hydrogen-bond acceptors (Lipinski definition) is 16. The minimum absolute atomic E-state index is 0.0260. The van der Waals surface area contributed by atoms with Crippen LogP contribution in [0.25, 0.3) is 0 Å². The van der Waals surface area contributed by atoms with Gasteiger partial charge in [0.2, 0.25) is 17.7 Å². The zero-order valence-electron chi connectivity index (χ0n) is 25.6. The summed E-state index contributed by atoms with van der Waals surface area (Å²) >= 11 is 0. The lowest BCUT2D eigenvalue weighted by molar-refractivity contribution is -0.353. The number of carbonyl (C=O) groups is 3. The van der Waals surface area contributed by atoms with Crippen LogP contribution in [0.5, 0.6) is 0 Å². The SMILES string of the molecule is C=CCO[C@@H]1O[C@H](CO)[C@@H](O[C@@H]2O[C@H](CO)[C@@H](O[C@@H]3O[C@H](CO)[C@@H](O)[C@H](O)[C@H]3NC(C)=O)[C@H](O)[C@H]2NC(C)=O)[C@H](O)[C@H]1NC(C)=O. The molecule has 15 atom stereocenters. The van der Waals surface area contributed by atoms with Crippen molar-refractivity contribution in [3.8, 4) is 0 Å². The molecule has 3 aliphatic heterocycles. The number of aliphatic hydroxyl groups is 7. The predicted octanol–water partition coefficient (Wildman–Crippen LogP) is -5.93. The van der Waals surface area contributed by atoms with E-state index in [0.29, 0.717) is 0 Å². The van der Waals surface area contributed by atoms with Crippen molar-refractivity contribution in [2.24, 2.45) is 0 Å². The normalized spacial score (nSPS) is 41.3. The van der Waals surface area contributed by atoms with Gasteiger partial charge in [-0.3, -0.25) is 14.4 Å². The largest absolute Gasteiger partial charge is 0.394 e. The summed E-state index contributed by atoms with van der Waals surface area (Å²) in [5.41, 5.74) is 0. The lowest BCUT2D eigenvalue weighted by atomic mass is 9.93. The van der Waals surface area contributed by atoms with Crippen molar-refractivity contribution in [3.63, 3.8) is 0 Å². The standard InChI is InChI=1S/C27H45N3O16/c1-5-6-41-25-17(29-11(3)35)21(39)23(14(8-32)43-25)46-27-18(30-12(4)36)22(40)24(15(9-33)44-27)45-26-16(28-10(2)34)20(38)19(37)13(7-31)42-26/h5,13-27,31-33,37-40H,1,6-9H2,2-4H3,(H,28,34)(H,29,35)(H,30,36)/t13-,14-,15-,16-,17-,18-,19-,20-,21-,22-,23-,24-,25-,26+,27+/m1/s1. The van der Waals surface area contributed by atoms with E-state index in [2.05, 4.69) is 22.5 Å². The molecule has 3 heterocycles. The van der Waals surface area contributed by atoms with Gasteiger partial charge >= 0.3 is 0 Å². The number of carbonyl (C=O) groups excluding carboxylic acids is 3. The molecule has 0 aliphatic carbocycles. The maximum atomic E-state index is 12.2. The fraction of sp³-hybridized carbons (Fsp3) is 0.815. The van der Waals surface area contributed by atoms with Gasteiger partial charge in [-0.2, -0.15) is 0 Å². The van der Waals surface area contributed by atoms with E-state index in [1.54, 1.807) is 0 Å². The first-order valence-corrected chi connectivity index (χ1v) is 14.6. The van der Waals surface area contributed by atoms with Crippen LogP contribution >= 0.6 is 0 Å². The monoisotopic (exact) mass is 667 g/mol. The van der Waals surface area contributed by atoms with E-state index in [0.717, 1.165) is 13.8 Å². The average Bonchev–Trinajstić information content (AvgIpc) is 3.00. The van der Waals surface area contributed by atoms with Gasteiger partial charge in [0.25, 0.3) is 0 Å². The Kier molecular flexibility index (Phi) is 14.2. The van der Waals surface area contributed by atoms with Crippen LogP contribution in [0, 0.1) is 0 Å². The number of ether oxygens (including phenoxy) is 6. The fourth-order valence-electron chi connectivity index (χ4n) is 5.56. The van der Waals surface area contributed by atoms with E-state index in [4.69, 9.17) is 28.4 Å². The summed E-state index contributed by atoms with van der Waals surface area (Å²) in [4.78, 5) is 36.0. The maximum absolute atomic E-state index is 12.2. The second kappa shape index (κ2) is 17.2. The van der Waals surface area contributed by atoms with Crippen LogP contribution in [0.15, 0.2) is 12.7 Å². The Morgan fingerprint density at radius 3 is 1.39 bits per heavy atom. The topological polar surface area (TPSA) is 284 Å². The summed E-state index contributed by atoms with van der Waals surface area (Å²) in [6.07, 6.45) is -16.8. The number of rotatable bonds is 13. The molecular weight excluding hydrogens is 622 g/mol. The molecule has 3 rings (SSSR count). The average molecular weight is 668 g/mol. The quantitative estimate of drug-likeness (QED) is 0.0818. The molecule has 3 saturated heterocycles. The Morgan fingerprint density at radius 2 is 1.00 bits per heavy atom. The molecule has 0 aromatic heterocycles. The minimum Gasteiger partial charge on any atom is -0.394 e. The Morgan fingerprint density at radius 1 is 0.630 bits per heavy atom. The highest BCUT2D eigenvalue weighted by Crippen LogP contribution is 2.33. The van der Waals surface area contributed by atoms with Gasteiger partial charge in [0.05, 0.1) is 26.4 Å². The van der Waals surface area contributed by atoms with E-state index in [9.17, 15) is 50.1 Å². The van der Waals surface area contributed by atoms with Crippen molar-refractivity contribution in [2.75, 3.05) is 26.4 Å². The molecule has 264 valence electrons. The molecule has 46 heavy (non-hydrogen) atoms. The van der Waals surface area contributed by atoms with Gasteiger partial charge in [-0.05, 0) is 0 Å². The first kappa shape index (κ1) is 38.1. The van der Waals surface area contributed by atoms with Gasteiger partial charge in [0.1, 0.15) is 73.1 Å². The fourth-order valence-corrected chi connectivity index (χ4v) is 5.56. The molecule has 3 aliphatic rings. The zero-order chi connectivity index (χ0) is 34.3. The maximum Gasteiger partial charge on any atom is 0.217 e. The summed E-state index contributed by atoms with van der Waals surface area (Å²) in [7, 11) is 0. The summed E-state index contributed by atoms with van der Waals surface area (Å²) in [6.45, 7) is 4.69. The van der Waals surface area contributed by atoms with Crippen LogP contribution in [0.4, 0.5) is 0 Å². The molecule has 3 fully saturated rings. The highest BCUT2D eigenvalue weighted by atomic mass is 16.7. The number of hydrogen-bond donors (Lipinski definition) is 10. The number of aliphatic hydroxyl groups excluding tert-OH is 7. The lowest BCUT2D eigenvalue weighted by Crippen LogP contribution is -2.71. The summed E-state index contributed by atoms with van der Waals surface area (Å²) in [6, 6.07) is -4.09. The van der Waals surface area contributed by atoms with Gasteiger partial charge in [0, 0.05) is 20.8 Å². The lowest BCUT2D eigenvalue weighted by Gasteiger charge is -2.50. The molecule has 0 unspecified atom stereocenters. The molecule has 0 aromatic carbocycles. The van der Waals surface area contributed by atoms with Crippen LogP contribution in [0.3, 0.4) is 0 Å². The Bertz CT molecular complexity index is 1040. The molecule has 0 bridgehead atoms. The van der Waals surface area contributed by atoms with E-state index in [1.807, 2.05) is 0 Å². The van der Waals surface area contributed by atoms with E-state index >= 15 is 0 Å². The summed E-state index contributed by atoms with van der Waals surface area (Å²) in [5.74, 6) is -1.86. The van der Waals surface area contributed by atoms with Crippen LogP contribution < -0.4 is 16.0 Å². The van der Waals surface area contributed by atoms with E-state index < -0.39 is 129 Å². The van der Waals surface area contributed by atoms with Crippen molar-refractivity contribution < 1.29 is 78.6 Å². The van der Waals surface area contributed by atoms with E-state index in [1.165, 1.54) is 13.0 Å². The molecule has 0 saturated carbocycles. The van der Waals surface area contributed by atoms with Gasteiger partial charge in [-0.1, -0.05) is 6.08 Å². The molecule has 0 radical (unpaired) electrons. The third-order valence-corrected chi connectivity index (χ3v) is 7.66. The molecule has 10 N–H and O–H groups in total. The van der Waals surface area contributed by atoms with Crippen molar-refractivity contribution in [1.29, 1.82) is 0 Å². The van der Waals surface area contributed by atoms with Crippen LogP contribution in [0.1, 0.15) is 20.8 Å².